The Morgan fingerprint density at radius 1 is 1.14 bits per heavy atom. The zero-order valence-corrected chi connectivity index (χ0v) is 17.9. The molecule has 2 aliphatic heterocycles. The summed E-state index contributed by atoms with van der Waals surface area (Å²) in [6.07, 6.45) is 7.62. The van der Waals surface area contributed by atoms with Gasteiger partial charge in [0.25, 0.3) is 0 Å². The van der Waals surface area contributed by atoms with Crippen LogP contribution in [0.15, 0.2) is 40.5 Å². The minimum absolute atomic E-state index is 0.522. The first-order valence-corrected chi connectivity index (χ1v) is 11.4. The highest BCUT2D eigenvalue weighted by atomic mass is 32.2. The SMILES string of the molecule is CCC1C2CN(Cc3ccc4c(c3)Nc3nccnc3S4)CC1CC(C)(C)C2. The van der Waals surface area contributed by atoms with Crippen LogP contribution < -0.4 is 5.32 Å². The molecule has 0 radical (unpaired) electrons. The molecule has 0 spiro atoms. The average Bonchev–Trinajstić information content (AvgIpc) is 2.65. The van der Waals surface area contributed by atoms with Crippen LogP contribution in [0.1, 0.15) is 45.6 Å². The first-order chi connectivity index (χ1) is 13.5. The summed E-state index contributed by atoms with van der Waals surface area (Å²) in [5.74, 6) is 3.53. The third-order valence-corrected chi connectivity index (χ3v) is 7.94. The molecule has 1 aromatic carbocycles. The molecule has 5 rings (SSSR count). The predicted octanol–water partition coefficient (Wildman–Crippen LogP) is 5.58. The molecule has 2 fully saturated rings. The molecule has 1 saturated heterocycles. The van der Waals surface area contributed by atoms with Crippen molar-refractivity contribution in [2.45, 2.75) is 56.5 Å². The highest BCUT2D eigenvalue weighted by Crippen LogP contribution is 2.49. The number of hydrogen-bond donors (Lipinski definition) is 1. The molecule has 1 aliphatic carbocycles. The van der Waals surface area contributed by atoms with Crippen LogP contribution in [0, 0.1) is 23.2 Å². The van der Waals surface area contributed by atoms with Gasteiger partial charge in [-0.1, -0.05) is 45.0 Å². The van der Waals surface area contributed by atoms with Crippen molar-refractivity contribution in [3.63, 3.8) is 0 Å². The van der Waals surface area contributed by atoms with Crippen molar-refractivity contribution in [3.8, 4) is 0 Å². The van der Waals surface area contributed by atoms with Crippen LogP contribution in [-0.4, -0.2) is 28.0 Å². The first kappa shape index (κ1) is 18.4. The third-order valence-electron chi connectivity index (χ3n) is 6.87. The maximum atomic E-state index is 4.43. The maximum absolute atomic E-state index is 4.43. The number of piperidine rings is 1. The van der Waals surface area contributed by atoms with Gasteiger partial charge in [-0.3, -0.25) is 4.90 Å². The smallest absolute Gasteiger partial charge is 0.163 e. The second kappa shape index (κ2) is 7.03. The summed E-state index contributed by atoms with van der Waals surface area (Å²) >= 11 is 1.70. The van der Waals surface area contributed by atoms with Gasteiger partial charge in [0, 0.05) is 36.9 Å². The largest absolute Gasteiger partial charge is 0.337 e. The summed E-state index contributed by atoms with van der Waals surface area (Å²) in [5.41, 5.74) is 3.08. The normalized spacial score (nSPS) is 28.2. The number of nitrogens with zero attached hydrogens (tertiary/aromatic N) is 3. The summed E-state index contributed by atoms with van der Waals surface area (Å²) < 4.78 is 0. The monoisotopic (exact) mass is 394 g/mol. The van der Waals surface area contributed by atoms with Crippen LogP contribution >= 0.6 is 11.8 Å². The molecule has 2 aromatic rings. The lowest BCUT2D eigenvalue weighted by Gasteiger charge is -2.52. The summed E-state index contributed by atoms with van der Waals surface area (Å²) in [5, 5.41) is 4.43. The van der Waals surface area contributed by atoms with Gasteiger partial charge < -0.3 is 5.32 Å². The summed E-state index contributed by atoms with van der Waals surface area (Å²) in [7, 11) is 0. The zero-order chi connectivity index (χ0) is 19.3. The zero-order valence-electron chi connectivity index (χ0n) is 17.1. The highest BCUT2D eigenvalue weighted by Gasteiger charge is 2.44. The Labute approximate surface area is 172 Å². The minimum atomic E-state index is 0.522. The quantitative estimate of drug-likeness (QED) is 0.628. The highest BCUT2D eigenvalue weighted by molar-refractivity contribution is 7.99. The van der Waals surface area contributed by atoms with Gasteiger partial charge in [0.2, 0.25) is 0 Å². The average molecular weight is 395 g/mol. The van der Waals surface area contributed by atoms with Crippen LogP contribution in [0.3, 0.4) is 0 Å². The van der Waals surface area contributed by atoms with E-state index in [0.717, 1.165) is 35.1 Å². The Morgan fingerprint density at radius 3 is 2.64 bits per heavy atom. The maximum Gasteiger partial charge on any atom is 0.163 e. The molecule has 2 atom stereocenters. The molecule has 1 saturated carbocycles. The third kappa shape index (κ3) is 3.43. The number of nitrogens with one attached hydrogen (secondary N) is 1. The molecule has 28 heavy (non-hydrogen) atoms. The van der Waals surface area contributed by atoms with Gasteiger partial charge in [-0.15, -0.1) is 0 Å². The number of benzene rings is 1. The van der Waals surface area contributed by atoms with Crippen molar-refractivity contribution in [2.24, 2.45) is 23.2 Å². The Morgan fingerprint density at radius 2 is 1.89 bits per heavy atom. The van der Waals surface area contributed by atoms with E-state index in [1.54, 1.807) is 24.2 Å². The molecule has 1 N–H and O–H groups in total. The molecule has 4 nitrogen and oxygen atoms in total. The lowest BCUT2D eigenvalue weighted by molar-refractivity contribution is -0.0330. The summed E-state index contributed by atoms with van der Waals surface area (Å²) in [6.45, 7) is 10.9. The first-order valence-electron chi connectivity index (χ1n) is 10.6. The van der Waals surface area contributed by atoms with Crippen LogP contribution in [0.2, 0.25) is 0 Å². The molecule has 5 heteroatoms. The van der Waals surface area contributed by atoms with Gasteiger partial charge in [0.05, 0.1) is 5.69 Å². The lowest BCUT2D eigenvalue weighted by Crippen LogP contribution is -2.51. The molecular formula is C23H30N4S. The Hall–Kier alpha value is -1.59. The molecule has 148 valence electrons. The number of aromatic nitrogens is 2. The van der Waals surface area contributed by atoms with Crippen LogP contribution in [0.25, 0.3) is 0 Å². The van der Waals surface area contributed by atoms with Gasteiger partial charge in [0.15, 0.2) is 5.82 Å². The van der Waals surface area contributed by atoms with Gasteiger partial charge in [-0.25, -0.2) is 9.97 Å². The van der Waals surface area contributed by atoms with Gasteiger partial charge in [-0.2, -0.15) is 0 Å². The van der Waals surface area contributed by atoms with Crippen LogP contribution in [-0.2, 0) is 6.54 Å². The number of anilines is 2. The molecule has 2 bridgehead atoms. The van der Waals surface area contributed by atoms with Gasteiger partial charge >= 0.3 is 0 Å². The van der Waals surface area contributed by atoms with E-state index >= 15 is 0 Å². The predicted molar refractivity (Wildman–Crippen MR) is 115 cm³/mol. The molecular weight excluding hydrogens is 364 g/mol. The van der Waals surface area contributed by atoms with Crippen molar-refractivity contribution in [3.05, 3.63) is 36.2 Å². The van der Waals surface area contributed by atoms with E-state index < -0.39 is 0 Å². The summed E-state index contributed by atoms with van der Waals surface area (Å²) in [4.78, 5) is 12.8. The number of likely N-dealkylation sites (tertiary alicyclic amines) is 1. The van der Waals surface area contributed by atoms with E-state index in [2.05, 4.69) is 59.2 Å². The van der Waals surface area contributed by atoms with E-state index in [-0.39, 0.29) is 0 Å². The number of rotatable bonds is 3. The number of fused-ring (bicyclic) bond motifs is 4. The van der Waals surface area contributed by atoms with Crippen molar-refractivity contribution >= 4 is 23.3 Å². The fraction of sp³-hybridized carbons (Fsp3) is 0.565. The minimum Gasteiger partial charge on any atom is -0.337 e. The van der Waals surface area contributed by atoms with Crippen LogP contribution in [0.5, 0.6) is 0 Å². The van der Waals surface area contributed by atoms with Gasteiger partial charge in [0.1, 0.15) is 5.03 Å². The van der Waals surface area contributed by atoms with Crippen molar-refractivity contribution < 1.29 is 0 Å². The molecule has 3 heterocycles. The summed E-state index contributed by atoms with van der Waals surface area (Å²) in [6, 6.07) is 6.84. The fourth-order valence-electron chi connectivity index (χ4n) is 5.96. The molecule has 2 unspecified atom stereocenters. The second-order valence-corrected chi connectivity index (χ2v) is 10.7. The van der Waals surface area contributed by atoms with E-state index in [1.807, 2.05) is 0 Å². The van der Waals surface area contributed by atoms with Crippen LogP contribution in [0.4, 0.5) is 11.5 Å². The standard InChI is InChI=1S/C23H30N4S/c1-4-18-16-10-23(2,3)11-17(18)14-27(13-16)12-15-5-6-20-19(9-15)26-21-22(28-20)25-8-7-24-21/h5-9,16-18H,4,10-14H2,1-3H3,(H,24,26). The number of hydrogen-bond acceptors (Lipinski definition) is 5. The van der Waals surface area contributed by atoms with Crippen molar-refractivity contribution in [1.82, 2.24) is 14.9 Å². The lowest BCUT2D eigenvalue weighted by atomic mass is 9.59. The second-order valence-electron chi connectivity index (χ2n) is 9.63. The van der Waals surface area contributed by atoms with Gasteiger partial charge in [-0.05, 0) is 53.7 Å². The molecule has 3 aliphatic rings. The van der Waals surface area contributed by atoms with E-state index in [1.165, 1.54) is 48.5 Å². The van der Waals surface area contributed by atoms with E-state index in [4.69, 9.17) is 0 Å². The Kier molecular flexibility index (Phi) is 4.63. The van der Waals surface area contributed by atoms with Crippen molar-refractivity contribution in [1.29, 1.82) is 0 Å². The van der Waals surface area contributed by atoms with E-state index in [0.29, 0.717) is 5.41 Å². The Bertz CT molecular complexity index is 863. The van der Waals surface area contributed by atoms with E-state index in [9.17, 15) is 0 Å². The molecule has 0 amide bonds. The van der Waals surface area contributed by atoms with Crippen molar-refractivity contribution in [2.75, 3.05) is 18.4 Å². The topological polar surface area (TPSA) is 41.0 Å². The fourth-order valence-corrected chi connectivity index (χ4v) is 6.84. The molecule has 1 aromatic heterocycles. The Balaban J connectivity index is 1.32.